The Morgan fingerprint density at radius 2 is 2.25 bits per heavy atom. The molecule has 0 saturated carbocycles. The van der Waals surface area contributed by atoms with Crippen LogP contribution in [0.5, 0.6) is 0 Å². The van der Waals surface area contributed by atoms with Gasteiger partial charge >= 0.3 is 0 Å². The monoisotopic (exact) mass is 184 g/mol. The second-order valence-corrected chi connectivity index (χ2v) is 3.84. The molecule has 0 unspecified atom stereocenters. The van der Waals surface area contributed by atoms with Gasteiger partial charge in [0.2, 0.25) is 0 Å². The third kappa shape index (κ3) is 1.56. The Kier molecular flexibility index (Phi) is 2.23. The number of hydrogen-bond acceptors (Lipinski definition) is 5. The van der Waals surface area contributed by atoms with Crippen LogP contribution in [0.1, 0.15) is 12.8 Å². The van der Waals surface area contributed by atoms with Gasteiger partial charge in [-0.3, -0.25) is 0 Å². The summed E-state index contributed by atoms with van der Waals surface area (Å²) in [5, 5.41) is 4.98. The van der Waals surface area contributed by atoms with E-state index >= 15 is 0 Å². The lowest BCUT2D eigenvalue weighted by Crippen LogP contribution is -2.39. The molecule has 1 aromatic rings. The van der Waals surface area contributed by atoms with Crippen molar-refractivity contribution in [3.63, 3.8) is 0 Å². The first-order valence-electron chi connectivity index (χ1n) is 4.14. The maximum Gasteiger partial charge on any atom is 0.132 e. The van der Waals surface area contributed by atoms with Crippen molar-refractivity contribution in [1.82, 2.24) is 9.59 Å². The van der Waals surface area contributed by atoms with Crippen molar-refractivity contribution in [2.45, 2.75) is 18.9 Å². The highest BCUT2D eigenvalue weighted by molar-refractivity contribution is 7.09. The zero-order valence-corrected chi connectivity index (χ0v) is 7.63. The van der Waals surface area contributed by atoms with Crippen LogP contribution in [-0.4, -0.2) is 28.7 Å². The van der Waals surface area contributed by atoms with Crippen molar-refractivity contribution in [2.24, 2.45) is 5.73 Å². The van der Waals surface area contributed by atoms with Crippen LogP contribution in [0, 0.1) is 0 Å². The Hall–Kier alpha value is -0.680. The summed E-state index contributed by atoms with van der Waals surface area (Å²) < 4.78 is 3.84. The van der Waals surface area contributed by atoms with Gasteiger partial charge in [-0.25, -0.2) is 0 Å². The van der Waals surface area contributed by atoms with Gasteiger partial charge in [-0.2, -0.15) is 0 Å². The summed E-state index contributed by atoms with van der Waals surface area (Å²) in [5.41, 5.74) is 5.80. The Bertz CT molecular complexity index is 228. The van der Waals surface area contributed by atoms with E-state index in [9.17, 15) is 0 Å². The van der Waals surface area contributed by atoms with Gasteiger partial charge in [0.05, 0.1) is 6.20 Å². The molecule has 2 heterocycles. The molecule has 4 nitrogen and oxygen atoms in total. The molecule has 1 fully saturated rings. The van der Waals surface area contributed by atoms with Crippen LogP contribution < -0.4 is 10.6 Å². The van der Waals surface area contributed by atoms with E-state index in [1.165, 1.54) is 16.5 Å². The van der Waals surface area contributed by atoms with E-state index in [0.717, 1.165) is 25.9 Å². The molecule has 5 heteroatoms. The second kappa shape index (κ2) is 3.37. The molecule has 2 N–H and O–H groups in total. The predicted molar refractivity (Wildman–Crippen MR) is 49.3 cm³/mol. The lowest BCUT2D eigenvalue weighted by atomic mass is 10.1. The molecule has 0 amide bonds. The molecule has 0 bridgehead atoms. The fraction of sp³-hybridized carbons (Fsp3) is 0.714. The molecule has 2 rings (SSSR count). The highest BCUT2D eigenvalue weighted by Crippen LogP contribution is 2.20. The number of rotatable bonds is 1. The minimum atomic E-state index is 0.391. The summed E-state index contributed by atoms with van der Waals surface area (Å²) in [5.74, 6) is 0. The number of anilines is 1. The lowest BCUT2D eigenvalue weighted by Gasteiger charge is -2.29. The van der Waals surface area contributed by atoms with Crippen LogP contribution in [-0.2, 0) is 0 Å². The van der Waals surface area contributed by atoms with Gasteiger partial charge in [0, 0.05) is 30.7 Å². The quantitative estimate of drug-likeness (QED) is 0.689. The van der Waals surface area contributed by atoms with E-state index in [2.05, 4.69) is 14.5 Å². The zero-order valence-electron chi connectivity index (χ0n) is 6.81. The summed E-state index contributed by atoms with van der Waals surface area (Å²) in [4.78, 5) is 2.30. The second-order valence-electron chi connectivity index (χ2n) is 3.08. The summed E-state index contributed by atoms with van der Waals surface area (Å²) in [7, 11) is 0. The van der Waals surface area contributed by atoms with Crippen molar-refractivity contribution < 1.29 is 0 Å². The van der Waals surface area contributed by atoms with E-state index in [-0.39, 0.29) is 0 Å². The van der Waals surface area contributed by atoms with Gasteiger partial charge in [-0.1, -0.05) is 4.49 Å². The molecule has 0 aliphatic carbocycles. The largest absolute Gasteiger partial charge is 0.361 e. The van der Waals surface area contributed by atoms with E-state index in [1.54, 1.807) is 0 Å². The van der Waals surface area contributed by atoms with Gasteiger partial charge in [0.1, 0.15) is 5.00 Å². The molecular weight excluding hydrogens is 172 g/mol. The predicted octanol–water partition coefficient (Wildman–Crippen LogP) is 0.466. The first-order valence-corrected chi connectivity index (χ1v) is 4.91. The van der Waals surface area contributed by atoms with Gasteiger partial charge in [-0.05, 0) is 12.8 Å². The third-order valence-electron chi connectivity index (χ3n) is 2.20. The van der Waals surface area contributed by atoms with Gasteiger partial charge in [-0.15, -0.1) is 5.10 Å². The molecule has 0 atom stereocenters. The maximum absolute atomic E-state index is 5.80. The van der Waals surface area contributed by atoms with Crippen molar-refractivity contribution >= 4 is 16.5 Å². The molecule has 0 radical (unpaired) electrons. The highest BCUT2D eigenvalue weighted by Gasteiger charge is 2.17. The fourth-order valence-corrected chi connectivity index (χ4v) is 1.99. The standard InChI is InChI=1S/C7H12N4S/c8-6-1-3-11(4-2-6)7-5-9-10-12-7/h5-6H,1-4,8H2. The van der Waals surface area contributed by atoms with E-state index in [4.69, 9.17) is 5.73 Å². The van der Waals surface area contributed by atoms with Crippen LogP contribution in [0.4, 0.5) is 5.00 Å². The van der Waals surface area contributed by atoms with Crippen molar-refractivity contribution in [2.75, 3.05) is 18.0 Å². The summed E-state index contributed by atoms with van der Waals surface area (Å²) in [6, 6.07) is 0.391. The Labute approximate surface area is 75.5 Å². The molecule has 1 aromatic heterocycles. The summed E-state index contributed by atoms with van der Waals surface area (Å²) in [6.45, 7) is 2.09. The highest BCUT2D eigenvalue weighted by atomic mass is 32.1. The lowest BCUT2D eigenvalue weighted by molar-refractivity contribution is 0.503. The van der Waals surface area contributed by atoms with Crippen molar-refractivity contribution in [3.8, 4) is 0 Å². The molecular formula is C7H12N4S. The smallest absolute Gasteiger partial charge is 0.132 e. The summed E-state index contributed by atoms with van der Waals surface area (Å²) >= 11 is 1.45. The van der Waals surface area contributed by atoms with Gasteiger partial charge in [0.25, 0.3) is 0 Å². The number of hydrogen-bond donors (Lipinski definition) is 1. The molecule has 12 heavy (non-hydrogen) atoms. The van der Waals surface area contributed by atoms with Crippen LogP contribution >= 0.6 is 11.5 Å². The van der Waals surface area contributed by atoms with Crippen LogP contribution in [0.2, 0.25) is 0 Å². The van der Waals surface area contributed by atoms with Crippen LogP contribution in [0.15, 0.2) is 6.20 Å². The maximum atomic E-state index is 5.80. The number of aromatic nitrogens is 2. The van der Waals surface area contributed by atoms with Gasteiger partial charge in [0.15, 0.2) is 0 Å². The zero-order chi connectivity index (χ0) is 8.39. The Morgan fingerprint density at radius 3 is 2.83 bits per heavy atom. The molecule has 1 saturated heterocycles. The van der Waals surface area contributed by atoms with E-state index in [1.807, 2.05) is 6.20 Å². The SMILES string of the molecule is NC1CCN(c2cnns2)CC1. The van der Waals surface area contributed by atoms with Crippen molar-refractivity contribution in [3.05, 3.63) is 6.20 Å². The molecule has 0 aromatic carbocycles. The van der Waals surface area contributed by atoms with Gasteiger partial charge < -0.3 is 10.6 Å². The average Bonchev–Trinajstić information content (AvgIpc) is 2.58. The van der Waals surface area contributed by atoms with E-state index in [0.29, 0.717) is 6.04 Å². The first-order chi connectivity index (χ1) is 5.86. The normalized spacial score (nSPS) is 19.9. The van der Waals surface area contributed by atoms with Crippen LogP contribution in [0.25, 0.3) is 0 Å². The number of piperidine rings is 1. The first kappa shape index (κ1) is 7.94. The molecule has 0 spiro atoms. The Balaban J connectivity index is 1.99. The number of nitrogens with two attached hydrogens (primary N) is 1. The molecule has 1 aliphatic rings. The van der Waals surface area contributed by atoms with Crippen LogP contribution in [0.3, 0.4) is 0 Å². The number of nitrogens with zero attached hydrogens (tertiary/aromatic N) is 3. The minimum Gasteiger partial charge on any atom is -0.361 e. The molecule has 1 aliphatic heterocycles. The topological polar surface area (TPSA) is 55.0 Å². The average molecular weight is 184 g/mol. The fourth-order valence-electron chi connectivity index (χ4n) is 1.42. The molecule has 66 valence electrons. The minimum absolute atomic E-state index is 0.391. The third-order valence-corrected chi connectivity index (χ3v) is 2.93. The Morgan fingerprint density at radius 1 is 1.50 bits per heavy atom. The van der Waals surface area contributed by atoms with E-state index < -0.39 is 0 Å². The summed E-state index contributed by atoms with van der Waals surface area (Å²) in [6.07, 6.45) is 3.98. The van der Waals surface area contributed by atoms with Crippen molar-refractivity contribution in [1.29, 1.82) is 0 Å².